The maximum absolute atomic E-state index is 5.64. The molecule has 2 aromatic rings. The van der Waals surface area contributed by atoms with Gasteiger partial charge >= 0.3 is 0 Å². The van der Waals surface area contributed by atoms with Crippen LogP contribution >= 0.6 is 0 Å². The van der Waals surface area contributed by atoms with E-state index in [1.807, 2.05) is 42.5 Å². The molecule has 0 amide bonds. The fraction of sp³-hybridized carbons (Fsp3) is 0.400. The quantitative estimate of drug-likeness (QED) is 0.603. The van der Waals surface area contributed by atoms with Crippen molar-refractivity contribution in [2.45, 2.75) is 19.9 Å². The number of ether oxygens (including phenoxy) is 3. The Balaban J connectivity index is 1.47. The zero-order valence-electron chi connectivity index (χ0n) is 14.4. The predicted octanol–water partition coefficient (Wildman–Crippen LogP) is 3.66. The molecule has 0 spiro atoms. The average Bonchev–Trinajstić information content (AvgIpc) is 2.64. The molecule has 0 fully saturated rings. The maximum atomic E-state index is 5.64. The Morgan fingerprint density at radius 1 is 0.750 bits per heavy atom. The SMILES string of the molecule is CCCOc1ccc(OCCOCCNCc2ccccc2)cc1. The van der Waals surface area contributed by atoms with E-state index in [9.17, 15) is 0 Å². The van der Waals surface area contributed by atoms with Crippen LogP contribution in [0.3, 0.4) is 0 Å². The molecule has 4 heteroatoms. The summed E-state index contributed by atoms with van der Waals surface area (Å²) in [6, 6.07) is 18.1. The Hall–Kier alpha value is -2.04. The van der Waals surface area contributed by atoms with Crippen molar-refractivity contribution >= 4 is 0 Å². The average molecular weight is 329 g/mol. The normalized spacial score (nSPS) is 10.5. The van der Waals surface area contributed by atoms with E-state index in [1.54, 1.807) is 0 Å². The minimum absolute atomic E-state index is 0.549. The van der Waals surface area contributed by atoms with Gasteiger partial charge in [0.25, 0.3) is 0 Å². The maximum Gasteiger partial charge on any atom is 0.119 e. The molecule has 130 valence electrons. The van der Waals surface area contributed by atoms with Gasteiger partial charge in [0, 0.05) is 13.1 Å². The number of hydrogen-bond acceptors (Lipinski definition) is 4. The molecule has 0 aliphatic rings. The zero-order valence-corrected chi connectivity index (χ0v) is 14.4. The van der Waals surface area contributed by atoms with Crippen molar-refractivity contribution in [3.63, 3.8) is 0 Å². The van der Waals surface area contributed by atoms with Crippen molar-refractivity contribution < 1.29 is 14.2 Å². The molecule has 0 unspecified atom stereocenters. The first-order valence-corrected chi connectivity index (χ1v) is 8.56. The molecule has 0 bridgehead atoms. The molecule has 0 saturated heterocycles. The van der Waals surface area contributed by atoms with Gasteiger partial charge in [-0.3, -0.25) is 0 Å². The molecule has 0 aliphatic carbocycles. The minimum Gasteiger partial charge on any atom is -0.494 e. The summed E-state index contributed by atoms with van der Waals surface area (Å²) in [4.78, 5) is 0. The molecule has 0 aromatic heterocycles. The van der Waals surface area contributed by atoms with Crippen molar-refractivity contribution in [2.75, 3.05) is 33.0 Å². The molecule has 0 aliphatic heterocycles. The van der Waals surface area contributed by atoms with E-state index >= 15 is 0 Å². The smallest absolute Gasteiger partial charge is 0.119 e. The van der Waals surface area contributed by atoms with E-state index in [2.05, 4.69) is 24.4 Å². The van der Waals surface area contributed by atoms with E-state index in [-0.39, 0.29) is 0 Å². The van der Waals surface area contributed by atoms with Crippen LogP contribution in [-0.4, -0.2) is 33.0 Å². The van der Waals surface area contributed by atoms with Crippen LogP contribution in [0.1, 0.15) is 18.9 Å². The molecule has 0 heterocycles. The second kappa shape index (κ2) is 11.5. The van der Waals surface area contributed by atoms with Gasteiger partial charge in [0.2, 0.25) is 0 Å². The van der Waals surface area contributed by atoms with E-state index < -0.39 is 0 Å². The van der Waals surface area contributed by atoms with E-state index in [0.717, 1.165) is 37.6 Å². The molecular weight excluding hydrogens is 302 g/mol. The topological polar surface area (TPSA) is 39.7 Å². The van der Waals surface area contributed by atoms with E-state index in [1.165, 1.54) is 5.56 Å². The van der Waals surface area contributed by atoms with E-state index in [4.69, 9.17) is 14.2 Å². The van der Waals surface area contributed by atoms with Crippen LogP contribution in [0.4, 0.5) is 0 Å². The van der Waals surface area contributed by atoms with Crippen LogP contribution in [-0.2, 0) is 11.3 Å². The molecule has 24 heavy (non-hydrogen) atoms. The first-order valence-electron chi connectivity index (χ1n) is 8.56. The highest BCUT2D eigenvalue weighted by Crippen LogP contribution is 2.17. The minimum atomic E-state index is 0.549. The van der Waals surface area contributed by atoms with E-state index in [0.29, 0.717) is 19.8 Å². The van der Waals surface area contributed by atoms with Crippen molar-refractivity contribution in [1.29, 1.82) is 0 Å². The molecule has 4 nitrogen and oxygen atoms in total. The Morgan fingerprint density at radius 2 is 1.42 bits per heavy atom. The van der Waals surface area contributed by atoms with Crippen LogP contribution in [0.5, 0.6) is 11.5 Å². The summed E-state index contributed by atoms with van der Waals surface area (Å²) in [6.45, 7) is 6.35. The Bertz CT molecular complexity index is 543. The Morgan fingerprint density at radius 3 is 2.08 bits per heavy atom. The van der Waals surface area contributed by atoms with Crippen molar-refractivity contribution in [3.05, 3.63) is 60.2 Å². The third kappa shape index (κ3) is 7.49. The standard InChI is InChI=1S/C20H27NO3/c1-2-13-23-19-8-10-20(11-9-19)24-16-15-22-14-12-21-17-18-6-4-3-5-7-18/h3-11,21H,2,12-17H2,1H3. The van der Waals surface area contributed by atoms with Gasteiger partial charge in [0.15, 0.2) is 0 Å². The summed E-state index contributed by atoms with van der Waals surface area (Å²) in [5.41, 5.74) is 1.28. The predicted molar refractivity (Wildman–Crippen MR) is 96.7 cm³/mol. The third-order valence-electron chi connectivity index (χ3n) is 3.39. The van der Waals surface area contributed by atoms with Gasteiger partial charge in [-0.15, -0.1) is 0 Å². The zero-order chi connectivity index (χ0) is 16.9. The fourth-order valence-electron chi connectivity index (χ4n) is 2.15. The molecule has 0 radical (unpaired) electrons. The Labute approximate surface area is 144 Å². The molecule has 2 rings (SSSR count). The number of benzene rings is 2. The van der Waals surface area contributed by atoms with Crippen LogP contribution in [0, 0.1) is 0 Å². The van der Waals surface area contributed by atoms with Gasteiger partial charge < -0.3 is 19.5 Å². The summed E-state index contributed by atoms with van der Waals surface area (Å²) >= 11 is 0. The highest BCUT2D eigenvalue weighted by molar-refractivity contribution is 5.31. The summed E-state index contributed by atoms with van der Waals surface area (Å²) < 4.78 is 16.7. The number of nitrogens with one attached hydrogen (secondary N) is 1. The highest BCUT2D eigenvalue weighted by Gasteiger charge is 1.97. The monoisotopic (exact) mass is 329 g/mol. The van der Waals surface area contributed by atoms with Gasteiger partial charge in [0.1, 0.15) is 18.1 Å². The van der Waals surface area contributed by atoms with Crippen molar-refractivity contribution in [2.24, 2.45) is 0 Å². The summed E-state index contributed by atoms with van der Waals surface area (Å²) in [5, 5.41) is 3.35. The van der Waals surface area contributed by atoms with Crippen LogP contribution in [0.25, 0.3) is 0 Å². The van der Waals surface area contributed by atoms with Gasteiger partial charge in [-0.25, -0.2) is 0 Å². The molecular formula is C20H27NO3. The lowest BCUT2D eigenvalue weighted by molar-refractivity contribution is 0.102. The fourth-order valence-corrected chi connectivity index (χ4v) is 2.15. The first kappa shape index (κ1) is 18.3. The van der Waals surface area contributed by atoms with Gasteiger partial charge in [-0.05, 0) is 36.2 Å². The second-order valence-corrected chi connectivity index (χ2v) is 5.44. The van der Waals surface area contributed by atoms with Gasteiger partial charge in [0.05, 0.1) is 19.8 Å². The molecule has 2 aromatic carbocycles. The molecule has 0 saturated carbocycles. The van der Waals surface area contributed by atoms with Crippen LogP contribution < -0.4 is 14.8 Å². The lowest BCUT2D eigenvalue weighted by Crippen LogP contribution is -2.20. The second-order valence-electron chi connectivity index (χ2n) is 5.44. The summed E-state index contributed by atoms with van der Waals surface area (Å²) in [6.07, 6.45) is 1.01. The van der Waals surface area contributed by atoms with Crippen molar-refractivity contribution in [3.8, 4) is 11.5 Å². The lowest BCUT2D eigenvalue weighted by atomic mass is 10.2. The largest absolute Gasteiger partial charge is 0.494 e. The summed E-state index contributed by atoms with van der Waals surface area (Å²) in [7, 11) is 0. The molecule has 0 atom stereocenters. The summed E-state index contributed by atoms with van der Waals surface area (Å²) in [5.74, 6) is 1.72. The first-order chi connectivity index (χ1) is 11.9. The van der Waals surface area contributed by atoms with Crippen LogP contribution in [0.15, 0.2) is 54.6 Å². The van der Waals surface area contributed by atoms with Gasteiger partial charge in [-0.2, -0.15) is 0 Å². The lowest BCUT2D eigenvalue weighted by Gasteiger charge is -2.09. The van der Waals surface area contributed by atoms with Crippen molar-refractivity contribution in [1.82, 2.24) is 5.32 Å². The highest BCUT2D eigenvalue weighted by atomic mass is 16.5. The Kier molecular flexibility index (Phi) is 8.76. The van der Waals surface area contributed by atoms with Crippen LogP contribution in [0.2, 0.25) is 0 Å². The number of hydrogen-bond donors (Lipinski definition) is 1. The molecule has 1 N–H and O–H groups in total. The third-order valence-corrected chi connectivity index (χ3v) is 3.39. The van der Waals surface area contributed by atoms with Gasteiger partial charge in [-0.1, -0.05) is 37.3 Å². The number of rotatable bonds is 12.